The largest absolute Gasteiger partial charge is 0.455 e. The molecule has 1 heteroatoms. The summed E-state index contributed by atoms with van der Waals surface area (Å²) in [5, 5.41) is 2.44. The quantitative estimate of drug-likeness (QED) is 0.217. The van der Waals surface area contributed by atoms with Crippen LogP contribution in [-0.4, -0.2) is 0 Å². The van der Waals surface area contributed by atoms with Crippen LogP contribution in [0.4, 0.5) is 0 Å². The van der Waals surface area contributed by atoms with E-state index in [2.05, 4.69) is 133 Å². The molecule has 1 heterocycles. The summed E-state index contributed by atoms with van der Waals surface area (Å²) in [6.45, 7) is 13.4. The van der Waals surface area contributed by atoms with Crippen molar-refractivity contribution < 1.29 is 4.42 Å². The standard InChI is InChI=1S/C37H38O/c1-7-12-25(4)28-13-10-14-29(22-28)26(5)21-27(6)30-15-11-16-31(23-30)33-20-19-32(24(2)3)36-34-17-8-9-18-35(34)38-37(33)36/h8-24,26H,7H2,1-6H3/b25-12+,27-21+. The zero-order valence-electron chi connectivity index (χ0n) is 23.5. The Morgan fingerprint density at radius 2 is 1.53 bits per heavy atom. The van der Waals surface area contributed by atoms with Gasteiger partial charge in [-0.15, -0.1) is 0 Å². The molecule has 0 fully saturated rings. The van der Waals surface area contributed by atoms with Crippen molar-refractivity contribution in [1.29, 1.82) is 0 Å². The van der Waals surface area contributed by atoms with Gasteiger partial charge in [-0.05, 0) is 83.2 Å². The van der Waals surface area contributed by atoms with E-state index in [0.29, 0.717) is 11.8 Å². The van der Waals surface area contributed by atoms with Gasteiger partial charge in [-0.2, -0.15) is 0 Å². The van der Waals surface area contributed by atoms with Gasteiger partial charge in [0.2, 0.25) is 0 Å². The highest BCUT2D eigenvalue weighted by molar-refractivity contribution is 6.11. The maximum atomic E-state index is 6.48. The number of allylic oxidation sites excluding steroid dienone is 4. The van der Waals surface area contributed by atoms with Crippen molar-refractivity contribution in [1.82, 2.24) is 0 Å². The monoisotopic (exact) mass is 498 g/mol. The topological polar surface area (TPSA) is 13.1 Å². The normalized spacial score (nSPS) is 13.6. The molecule has 4 aromatic carbocycles. The molecule has 0 saturated heterocycles. The lowest BCUT2D eigenvalue weighted by Gasteiger charge is -2.13. The summed E-state index contributed by atoms with van der Waals surface area (Å²) in [6.07, 6.45) is 5.74. The van der Waals surface area contributed by atoms with Crippen LogP contribution in [0.1, 0.15) is 82.1 Å². The van der Waals surface area contributed by atoms with Crippen molar-refractivity contribution >= 4 is 33.1 Å². The van der Waals surface area contributed by atoms with E-state index in [4.69, 9.17) is 4.42 Å². The Morgan fingerprint density at radius 1 is 0.789 bits per heavy atom. The van der Waals surface area contributed by atoms with E-state index in [0.717, 1.165) is 23.2 Å². The highest BCUT2D eigenvalue weighted by atomic mass is 16.3. The van der Waals surface area contributed by atoms with Gasteiger partial charge in [0.05, 0.1) is 0 Å². The van der Waals surface area contributed by atoms with Crippen molar-refractivity contribution in [3.63, 3.8) is 0 Å². The summed E-state index contributed by atoms with van der Waals surface area (Å²) in [5.41, 5.74) is 12.1. The Kier molecular flexibility index (Phi) is 7.38. The van der Waals surface area contributed by atoms with Gasteiger partial charge in [-0.1, -0.05) is 113 Å². The van der Waals surface area contributed by atoms with Gasteiger partial charge < -0.3 is 4.42 Å². The van der Waals surface area contributed by atoms with Gasteiger partial charge in [-0.3, -0.25) is 0 Å². The first-order valence-electron chi connectivity index (χ1n) is 13.9. The second-order valence-corrected chi connectivity index (χ2v) is 10.8. The number of fused-ring (bicyclic) bond motifs is 3. The van der Waals surface area contributed by atoms with E-state index in [1.165, 1.54) is 49.7 Å². The average molecular weight is 499 g/mol. The molecule has 0 bridgehead atoms. The van der Waals surface area contributed by atoms with E-state index in [9.17, 15) is 0 Å². The first-order valence-corrected chi connectivity index (χ1v) is 13.9. The van der Waals surface area contributed by atoms with Crippen molar-refractivity contribution in [2.24, 2.45) is 0 Å². The lowest BCUT2D eigenvalue weighted by Crippen LogP contribution is -1.93. The van der Waals surface area contributed by atoms with Crippen molar-refractivity contribution in [3.8, 4) is 11.1 Å². The number of benzene rings is 4. The summed E-state index contributed by atoms with van der Waals surface area (Å²) < 4.78 is 6.48. The van der Waals surface area contributed by atoms with Gasteiger partial charge in [0, 0.05) is 16.3 Å². The fourth-order valence-electron chi connectivity index (χ4n) is 5.55. The third-order valence-electron chi connectivity index (χ3n) is 7.69. The van der Waals surface area contributed by atoms with Gasteiger partial charge in [0.1, 0.15) is 11.2 Å². The fourth-order valence-corrected chi connectivity index (χ4v) is 5.55. The maximum Gasteiger partial charge on any atom is 0.143 e. The van der Waals surface area contributed by atoms with Crippen LogP contribution in [0.15, 0.2) is 101 Å². The summed E-state index contributed by atoms with van der Waals surface area (Å²) in [7, 11) is 0. The molecule has 5 rings (SSSR count). The Balaban J connectivity index is 1.53. The molecule has 1 aromatic heterocycles. The molecular formula is C37H38O. The van der Waals surface area contributed by atoms with Crippen LogP contribution >= 0.6 is 0 Å². The van der Waals surface area contributed by atoms with Crippen molar-refractivity contribution in [2.45, 2.75) is 59.8 Å². The fraction of sp³-hybridized carbons (Fsp3) is 0.243. The van der Waals surface area contributed by atoms with Crippen LogP contribution in [-0.2, 0) is 0 Å². The molecule has 1 unspecified atom stereocenters. The van der Waals surface area contributed by atoms with E-state index in [1.807, 2.05) is 6.07 Å². The zero-order chi connectivity index (χ0) is 26.8. The average Bonchev–Trinajstić information content (AvgIpc) is 3.32. The lowest BCUT2D eigenvalue weighted by molar-refractivity contribution is 0.669. The zero-order valence-corrected chi connectivity index (χ0v) is 23.5. The Hall–Kier alpha value is -3.84. The molecule has 1 nitrogen and oxygen atoms in total. The summed E-state index contributed by atoms with van der Waals surface area (Å²) in [6, 6.07) is 30.8. The minimum absolute atomic E-state index is 0.320. The molecule has 38 heavy (non-hydrogen) atoms. The summed E-state index contributed by atoms with van der Waals surface area (Å²) in [4.78, 5) is 0. The highest BCUT2D eigenvalue weighted by Gasteiger charge is 2.17. The van der Waals surface area contributed by atoms with E-state index >= 15 is 0 Å². The molecule has 0 amide bonds. The SMILES string of the molecule is CC/C=C(\C)c1cccc(C(C)/C=C(\C)c2cccc(-c3ccc(C(C)C)c4c3oc3ccccc34)c2)c1. The highest BCUT2D eigenvalue weighted by Crippen LogP contribution is 2.40. The predicted molar refractivity (Wildman–Crippen MR) is 166 cm³/mol. The molecule has 1 atom stereocenters. The van der Waals surface area contributed by atoms with Gasteiger partial charge in [-0.25, -0.2) is 0 Å². The second-order valence-electron chi connectivity index (χ2n) is 10.8. The molecule has 192 valence electrons. The van der Waals surface area contributed by atoms with Crippen LogP contribution < -0.4 is 0 Å². The van der Waals surface area contributed by atoms with Crippen molar-refractivity contribution in [3.05, 3.63) is 119 Å². The minimum Gasteiger partial charge on any atom is -0.455 e. The first kappa shape index (κ1) is 25.8. The van der Waals surface area contributed by atoms with Crippen molar-refractivity contribution in [2.75, 3.05) is 0 Å². The number of rotatable bonds is 7. The van der Waals surface area contributed by atoms with Crippen LogP contribution in [0.5, 0.6) is 0 Å². The van der Waals surface area contributed by atoms with Crippen LogP contribution in [0, 0.1) is 0 Å². The summed E-state index contributed by atoms with van der Waals surface area (Å²) >= 11 is 0. The molecule has 0 saturated carbocycles. The maximum absolute atomic E-state index is 6.48. The summed E-state index contributed by atoms with van der Waals surface area (Å²) in [5.74, 6) is 0.741. The van der Waals surface area contributed by atoms with E-state index < -0.39 is 0 Å². The number of para-hydroxylation sites is 1. The van der Waals surface area contributed by atoms with Crippen LogP contribution in [0.25, 0.3) is 44.2 Å². The number of hydrogen-bond donors (Lipinski definition) is 0. The van der Waals surface area contributed by atoms with E-state index in [-0.39, 0.29) is 0 Å². The van der Waals surface area contributed by atoms with Gasteiger partial charge in [0.25, 0.3) is 0 Å². The minimum atomic E-state index is 0.320. The molecule has 0 aliphatic carbocycles. The smallest absolute Gasteiger partial charge is 0.143 e. The molecular weight excluding hydrogens is 460 g/mol. The van der Waals surface area contributed by atoms with Crippen LogP contribution in [0.3, 0.4) is 0 Å². The predicted octanol–water partition coefficient (Wildman–Crippen LogP) is 11.4. The molecule has 0 aliphatic rings. The van der Waals surface area contributed by atoms with E-state index in [1.54, 1.807) is 0 Å². The van der Waals surface area contributed by atoms with Gasteiger partial charge >= 0.3 is 0 Å². The third kappa shape index (κ3) is 4.98. The number of furan rings is 1. The van der Waals surface area contributed by atoms with Gasteiger partial charge in [0.15, 0.2) is 0 Å². The number of hydrogen-bond acceptors (Lipinski definition) is 1. The second kappa shape index (κ2) is 10.9. The third-order valence-corrected chi connectivity index (χ3v) is 7.69. The molecule has 0 aliphatic heterocycles. The Morgan fingerprint density at radius 3 is 2.29 bits per heavy atom. The molecule has 5 aromatic rings. The molecule has 0 spiro atoms. The molecule has 0 radical (unpaired) electrons. The molecule has 0 N–H and O–H groups in total. The Bertz CT molecular complexity index is 1660. The Labute approximate surface area is 227 Å². The lowest BCUT2D eigenvalue weighted by atomic mass is 9.91. The first-order chi connectivity index (χ1) is 18.4. The van der Waals surface area contributed by atoms with Crippen LogP contribution in [0.2, 0.25) is 0 Å².